The zero-order valence-corrected chi connectivity index (χ0v) is 13.1. The lowest BCUT2D eigenvalue weighted by molar-refractivity contribution is -0.133. The highest BCUT2D eigenvalue weighted by atomic mass is 32.2. The van der Waals surface area contributed by atoms with Crippen LogP contribution >= 0.6 is 11.8 Å². The molecular weight excluding hydrogens is 288 g/mol. The molecule has 0 fully saturated rings. The van der Waals surface area contributed by atoms with Gasteiger partial charge in [-0.15, -0.1) is 10.2 Å². The van der Waals surface area contributed by atoms with Gasteiger partial charge in [0.05, 0.1) is 5.75 Å². The van der Waals surface area contributed by atoms with Crippen molar-refractivity contribution < 1.29 is 9.90 Å². The molecule has 0 radical (unpaired) electrons. The topological polar surface area (TPSA) is 80.9 Å². The second-order valence-electron chi connectivity index (χ2n) is 5.16. The fourth-order valence-electron chi connectivity index (χ4n) is 1.91. The molecule has 0 aliphatic rings. The van der Waals surface area contributed by atoms with E-state index in [0.29, 0.717) is 16.9 Å². The minimum Gasteiger partial charge on any atom is -0.481 e. The van der Waals surface area contributed by atoms with E-state index in [1.807, 2.05) is 29.7 Å². The standard InChI is InChI=1S/C14H18N4O2S/c1-9(2)7-18-13(11-6-4-5-10(3)15-11)16-17-14(18)21-8-12(19)20/h4-6,9H,7-8H2,1-3H3,(H,19,20). The van der Waals surface area contributed by atoms with Crippen molar-refractivity contribution >= 4 is 17.7 Å². The molecule has 1 N–H and O–H groups in total. The average molecular weight is 306 g/mol. The van der Waals surface area contributed by atoms with Gasteiger partial charge in [-0.1, -0.05) is 31.7 Å². The molecule has 2 heterocycles. The van der Waals surface area contributed by atoms with E-state index >= 15 is 0 Å². The molecule has 0 amide bonds. The lowest BCUT2D eigenvalue weighted by Crippen LogP contribution is -2.09. The van der Waals surface area contributed by atoms with Gasteiger partial charge >= 0.3 is 5.97 Å². The highest BCUT2D eigenvalue weighted by molar-refractivity contribution is 7.99. The lowest BCUT2D eigenvalue weighted by atomic mass is 10.2. The van der Waals surface area contributed by atoms with Crippen LogP contribution in [0.15, 0.2) is 23.4 Å². The fraction of sp³-hybridized carbons (Fsp3) is 0.429. The molecule has 2 aromatic heterocycles. The summed E-state index contributed by atoms with van der Waals surface area (Å²) in [4.78, 5) is 15.2. The number of thioether (sulfide) groups is 1. The summed E-state index contributed by atoms with van der Waals surface area (Å²) in [6, 6.07) is 5.74. The molecule has 2 aromatic rings. The molecule has 6 nitrogen and oxygen atoms in total. The molecular formula is C14H18N4O2S. The number of carboxylic acid groups (broad SMARTS) is 1. The molecule has 0 aromatic carbocycles. The van der Waals surface area contributed by atoms with Crippen LogP contribution in [0.2, 0.25) is 0 Å². The van der Waals surface area contributed by atoms with E-state index in [2.05, 4.69) is 29.0 Å². The van der Waals surface area contributed by atoms with Gasteiger partial charge in [0.2, 0.25) is 0 Å². The first-order valence-electron chi connectivity index (χ1n) is 6.69. The van der Waals surface area contributed by atoms with Gasteiger partial charge in [-0.25, -0.2) is 4.98 Å². The monoisotopic (exact) mass is 306 g/mol. The summed E-state index contributed by atoms with van der Waals surface area (Å²) in [6.45, 7) is 6.84. The number of pyridine rings is 1. The van der Waals surface area contributed by atoms with Crippen LogP contribution in [-0.4, -0.2) is 36.6 Å². The number of nitrogens with zero attached hydrogens (tertiary/aromatic N) is 4. The Balaban J connectivity index is 2.38. The van der Waals surface area contributed by atoms with Crippen LogP contribution in [0, 0.1) is 12.8 Å². The molecule has 0 spiro atoms. The number of carbonyl (C=O) groups is 1. The smallest absolute Gasteiger partial charge is 0.313 e. The van der Waals surface area contributed by atoms with E-state index < -0.39 is 5.97 Å². The van der Waals surface area contributed by atoms with Crippen LogP contribution < -0.4 is 0 Å². The van der Waals surface area contributed by atoms with Crippen molar-refractivity contribution in [3.05, 3.63) is 23.9 Å². The highest BCUT2D eigenvalue weighted by Gasteiger charge is 2.17. The minimum absolute atomic E-state index is 0.0303. The van der Waals surface area contributed by atoms with E-state index in [4.69, 9.17) is 5.11 Å². The first-order valence-corrected chi connectivity index (χ1v) is 7.67. The molecule has 21 heavy (non-hydrogen) atoms. The lowest BCUT2D eigenvalue weighted by Gasteiger charge is -2.11. The number of carboxylic acids is 1. The van der Waals surface area contributed by atoms with Crippen LogP contribution in [0.3, 0.4) is 0 Å². The number of aryl methyl sites for hydroxylation is 1. The van der Waals surface area contributed by atoms with Gasteiger partial charge in [-0.05, 0) is 25.0 Å². The van der Waals surface area contributed by atoms with Crippen LogP contribution in [0.25, 0.3) is 11.5 Å². The number of aliphatic carboxylic acids is 1. The summed E-state index contributed by atoms with van der Waals surface area (Å²) in [7, 11) is 0. The number of hydrogen-bond donors (Lipinski definition) is 1. The maximum atomic E-state index is 10.7. The van der Waals surface area contributed by atoms with E-state index in [0.717, 1.165) is 17.9 Å². The Kier molecular flexibility index (Phi) is 4.95. The second-order valence-corrected chi connectivity index (χ2v) is 6.10. The fourth-order valence-corrected chi connectivity index (χ4v) is 2.58. The van der Waals surface area contributed by atoms with Gasteiger partial charge in [-0.2, -0.15) is 0 Å². The summed E-state index contributed by atoms with van der Waals surface area (Å²) in [5.74, 6) is 0.181. The second kappa shape index (κ2) is 6.71. The van der Waals surface area contributed by atoms with Crippen molar-refractivity contribution in [1.82, 2.24) is 19.7 Å². The summed E-state index contributed by atoms with van der Waals surface area (Å²) in [5, 5.41) is 17.7. The molecule has 0 unspecified atom stereocenters. The Morgan fingerprint density at radius 1 is 1.38 bits per heavy atom. The average Bonchev–Trinajstić information content (AvgIpc) is 2.78. The number of hydrogen-bond acceptors (Lipinski definition) is 5. The molecule has 0 aliphatic heterocycles. The summed E-state index contributed by atoms with van der Waals surface area (Å²) in [6.07, 6.45) is 0. The maximum Gasteiger partial charge on any atom is 0.313 e. The van der Waals surface area contributed by atoms with Crippen molar-refractivity contribution in [2.24, 2.45) is 5.92 Å². The van der Waals surface area contributed by atoms with Crippen molar-refractivity contribution in [3.63, 3.8) is 0 Å². The maximum absolute atomic E-state index is 10.7. The molecule has 0 saturated heterocycles. The Morgan fingerprint density at radius 3 is 2.76 bits per heavy atom. The molecule has 0 saturated carbocycles. The van der Waals surface area contributed by atoms with Crippen LogP contribution in [-0.2, 0) is 11.3 Å². The third kappa shape index (κ3) is 4.04. The van der Waals surface area contributed by atoms with E-state index in [1.54, 1.807) is 0 Å². The number of rotatable bonds is 6. The Labute approximate surface area is 127 Å². The molecule has 0 atom stereocenters. The van der Waals surface area contributed by atoms with Crippen molar-refractivity contribution in [1.29, 1.82) is 0 Å². The predicted molar refractivity (Wildman–Crippen MR) is 81.2 cm³/mol. The van der Waals surface area contributed by atoms with E-state index in [-0.39, 0.29) is 5.75 Å². The van der Waals surface area contributed by atoms with Gasteiger partial charge in [0, 0.05) is 12.2 Å². The quantitative estimate of drug-likeness (QED) is 0.826. The van der Waals surface area contributed by atoms with Crippen LogP contribution in [0.1, 0.15) is 19.5 Å². The summed E-state index contributed by atoms with van der Waals surface area (Å²) >= 11 is 1.18. The first-order chi connectivity index (χ1) is 9.97. The molecule has 0 bridgehead atoms. The van der Waals surface area contributed by atoms with Crippen LogP contribution in [0.4, 0.5) is 0 Å². The number of aromatic nitrogens is 4. The third-order valence-electron chi connectivity index (χ3n) is 2.71. The minimum atomic E-state index is -0.866. The largest absolute Gasteiger partial charge is 0.481 e. The van der Waals surface area contributed by atoms with Gasteiger partial charge in [-0.3, -0.25) is 4.79 Å². The summed E-state index contributed by atoms with van der Waals surface area (Å²) in [5.41, 5.74) is 1.66. The molecule has 112 valence electrons. The Hall–Kier alpha value is -1.89. The van der Waals surface area contributed by atoms with Gasteiger partial charge in [0.25, 0.3) is 0 Å². The molecule has 0 aliphatic carbocycles. The zero-order chi connectivity index (χ0) is 15.4. The van der Waals surface area contributed by atoms with Crippen molar-refractivity contribution in [3.8, 4) is 11.5 Å². The first kappa shape index (κ1) is 15.5. The highest BCUT2D eigenvalue weighted by Crippen LogP contribution is 2.24. The normalized spacial score (nSPS) is 11.0. The SMILES string of the molecule is Cc1cccc(-c2nnc(SCC(=O)O)n2CC(C)C)n1. The Morgan fingerprint density at radius 2 is 2.14 bits per heavy atom. The molecule has 7 heteroatoms. The van der Waals surface area contributed by atoms with Crippen molar-refractivity contribution in [2.75, 3.05) is 5.75 Å². The van der Waals surface area contributed by atoms with Crippen molar-refractivity contribution in [2.45, 2.75) is 32.5 Å². The van der Waals surface area contributed by atoms with Gasteiger partial charge in [0.1, 0.15) is 5.69 Å². The predicted octanol–water partition coefficient (Wildman–Crippen LogP) is 2.48. The third-order valence-corrected chi connectivity index (χ3v) is 3.66. The van der Waals surface area contributed by atoms with Crippen LogP contribution in [0.5, 0.6) is 0 Å². The Bertz CT molecular complexity index is 640. The van der Waals surface area contributed by atoms with Gasteiger partial charge in [0.15, 0.2) is 11.0 Å². The molecule has 2 rings (SSSR count). The van der Waals surface area contributed by atoms with E-state index in [9.17, 15) is 4.79 Å². The van der Waals surface area contributed by atoms with E-state index in [1.165, 1.54) is 11.8 Å². The zero-order valence-electron chi connectivity index (χ0n) is 12.3. The van der Waals surface area contributed by atoms with Gasteiger partial charge < -0.3 is 9.67 Å². The summed E-state index contributed by atoms with van der Waals surface area (Å²) < 4.78 is 1.94.